The predicted molar refractivity (Wildman–Crippen MR) is 99.5 cm³/mol. The molecule has 1 atom stereocenters. The van der Waals surface area contributed by atoms with E-state index in [1.54, 1.807) is 25.3 Å². The molecule has 142 valence electrons. The summed E-state index contributed by atoms with van der Waals surface area (Å²) in [5.41, 5.74) is 0.563. The van der Waals surface area contributed by atoms with Crippen molar-refractivity contribution < 1.29 is 23.9 Å². The minimum Gasteiger partial charge on any atom is -0.491 e. The lowest BCUT2D eigenvalue weighted by Crippen LogP contribution is -2.23. The molecule has 1 amide bonds. The van der Waals surface area contributed by atoms with Crippen LogP contribution in [0.3, 0.4) is 0 Å². The molecule has 0 saturated heterocycles. The predicted octanol–water partition coefficient (Wildman–Crippen LogP) is 4.71. The SMILES string of the molecule is CC(C)Oc1cccc(Oc2ncc(-c3cc(C(C)NC(=O)O)on3)s2)c1. The van der Waals surface area contributed by atoms with Gasteiger partial charge >= 0.3 is 6.09 Å². The van der Waals surface area contributed by atoms with Crippen LogP contribution < -0.4 is 14.8 Å². The molecule has 0 bridgehead atoms. The summed E-state index contributed by atoms with van der Waals surface area (Å²) in [5, 5.41) is 15.5. The van der Waals surface area contributed by atoms with Crippen molar-refractivity contribution in [3.8, 4) is 27.3 Å². The summed E-state index contributed by atoms with van der Waals surface area (Å²) in [6, 6.07) is 8.51. The molecular formula is C18H19N3O5S. The van der Waals surface area contributed by atoms with E-state index in [2.05, 4.69) is 15.5 Å². The first kappa shape index (κ1) is 18.7. The highest BCUT2D eigenvalue weighted by Crippen LogP contribution is 2.34. The van der Waals surface area contributed by atoms with Gasteiger partial charge in [0.25, 0.3) is 5.19 Å². The molecule has 0 aliphatic rings. The van der Waals surface area contributed by atoms with Crippen LogP contribution in [-0.2, 0) is 0 Å². The number of hydrogen-bond acceptors (Lipinski definition) is 7. The smallest absolute Gasteiger partial charge is 0.405 e. The number of aromatic nitrogens is 2. The lowest BCUT2D eigenvalue weighted by atomic mass is 10.2. The molecule has 3 rings (SSSR count). The van der Waals surface area contributed by atoms with Gasteiger partial charge in [0.1, 0.15) is 17.2 Å². The average molecular weight is 389 g/mol. The Balaban J connectivity index is 1.70. The van der Waals surface area contributed by atoms with Gasteiger partial charge < -0.3 is 24.4 Å². The maximum atomic E-state index is 10.7. The van der Waals surface area contributed by atoms with E-state index in [-0.39, 0.29) is 6.10 Å². The molecule has 0 fully saturated rings. The second-order valence-electron chi connectivity index (χ2n) is 6.02. The summed E-state index contributed by atoms with van der Waals surface area (Å²) >= 11 is 1.31. The fourth-order valence-electron chi connectivity index (χ4n) is 2.27. The Morgan fingerprint density at radius 3 is 2.78 bits per heavy atom. The third-order valence-electron chi connectivity index (χ3n) is 3.41. The highest BCUT2D eigenvalue weighted by Gasteiger charge is 2.17. The molecule has 8 nitrogen and oxygen atoms in total. The average Bonchev–Trinajstić information content (AvgIpc) is 3.23. The number of nitrogens with zero attached hydrogens (tertiary/aromatic N) is 2. The van der Waals surface area contributed by atoms with Crippen molar-refractivity contribution in [2.24, 2.45) is 0 Å². The van der Waals surface area contributed by atoms with Gasteiger partial charge in [-0.05, 0) is 32.9 Å². The normalized spacial score (nSPS) is 12.0. The fraction of sp³-hybridized carbons (Fsp3) is 0.278. The van der Waals surface area contributed by atoms with E-state index in [4.69, 9.17) is 19.1 Å². The van der Waals surface area contributed by atoms with Crippen LogP contribution >= 0.6 is 11.3 Å². The summed E-state index contributed by atoms with van der Waals surface area (Å²) < 4.78 is 16.6. The quantitative estimate of drug-likeness (QED) is 0.603. The van der Waals surface area contributed by atoms with Gasteiger partial charge in [0, 0.05) is 12.1 Å². The van der Waals surface area contributed by atoms with Crippen LogP contribution in [0.5, 0.6) is 16.7 Å². The number of ether oxygens (including phenoxy) is 2. The van der Waals surface area contributed by atoms with Crippen LogP contribution in [-0.4, -0.2) is 27.4 Å². The van der Waals surface area contributed by atoms with Crippen LogP contribution in [0, 0.1) is 0 Å². The topological polar surface area (TPSA) is 107 Å². The van der Waals surface area contributed by atoms with Crippen LogP contribution in [0.25, 0.3) is 10.6 Å². The number of rotatable bonds is 7. The molecule has 2 aromatic heterocycles. The first-order chi connectivity index (χ1) is 12.9. The van der Waals surface area contributed by atoms with Crippen molar-refractivity contribution in [2.75, 3.05) is 0 Å². The first-order valence-corrected chi connectivity index (χ1v) is 9.09. The molecule has 9 heteroatoms. The van der Waals surface area contributed by atoms with E-state index in [1.807, 2.05) is 32.0 Å². The van der Waals surface area contributed by atoms with Crippen LogP contribution in [0.1, 0.15) is 32.6 Å². The fourth-order valence-corrected chi connectivity index (χ4v) is 3.01. The number of benzene rings is 1. The Kier molecular flexibility index (Phi) is 5.60. The Morgan fingerprint density at radius 1 is 1.26 bits per heavy atom. The maximum absolute atomic E-state index is 10.7. The standard InChI is InChI=1S/C18H19N3O5S/c1-10(2)24-12-5-4-6-13(7-12)25-18-19-9-16(27-18)14-8-15(26-21-14)11(3)20-17(22)23/h4-11,20H,1-3H3,(H,22,23). The summed E-state index contributed by atoms with van der Waals surface area (Å²) in [7, 11) is 0. The monoisotopic (exact) mass is 389 g/mol. The molecule has 27 heavy (non-hydrogen) atoms. The highest BCUT2D eigenvalue weighted by molar-refractivity contribution is 7.16. The molecule has 1 aromatic carbocycles. The van der Waals surface area contributed by atoms with Crippen molar-refractivity contribution >= 4 is 17.4 Å². The minimum absolute atomic E-state index is 0.0751. The van der Waals surface area contributed by atoms with Gasteiger partial charge in [0.15, 0.2) is 5.76 Å². The number of hydrogen-bond donors (Lipinski definition) is 2. The summed E-state index contributed by atoms with van der Waals surface area (Å²) in [5.74, 6) is 1.76. The zero-order valence-electron chi connectivity index (χ0n) is 15.0. The van der Waals surface area contributed by atoms with Gasteiger partial charge in [-0.15, -0.1) is 0 Å². The van der Waals surface area contributed by atoms with Gasteiger partial charge in [-0.2, -0.15) is 0 Å². The lowest BCUT2D eigenvalue weighted by Gasteiger charge is -2.10. The lowest BCUT2D eigenvalue weighted by molar-refractivity contribution is 0.188. The van der Waals surface area contributed by atoms with Crippen molar-refractivity contribution in [3.63, 3.8) is 0 Å². The maximum Gasteiger partial charge on any atom is 0.405 e. The highest BCUT2D eigenvalue weighted by atomic mass is 32.1. The summed E-state index contributed by atoms with van der Waals surface area (Å²) in [4.78, 5) is 15.7. The molecule has 2 heterocycles. The molecule has 0 spiro atoms. The molecule has 0 saturated carbocycles. The van der Waals surface area contributed by atoms with E-state index in [0.717, 1.165) is 10.6 Å². The number of carbonyl (C=O) groups is 1. The van der Waals surface area contributed by atoms with E-state index in [1.165, 1.54) is 11.3 Å². The molecule has 0 aliphatic heterocycles. The van der Waals surface area contributed by atoms with Crippen molar-refractivity contribution in [2.45, 2.75) is 32.9 Å². The molecule has 0 aliphatic carbocycles. The number of nitrogens with one attached hydrogen (secondary N) is 1. The summed E-state index contributed by atoms with van der Waals surface area (Å²) in [6.07, 6.45) is 0.578. The molecule has 1 unspecified atom stereocenters. The zero-order valence-corrected chi connectivity index (χ0v) is 15.8. The number of thiazole rings is 1. The van der Waals surface area contributed by atoms with Crippen LogP contribution in [0.2, 0.25) is 0 Å². The van der Waals surface area contributed by atoms with Gasteiger partial charge in [-0.1, -0.05) is 22.6 Å². The Hall–Kier alpha value is -3.07. The van der Waals surface area contributed by atoms with E-state index < -0.39 is 12.1 Å². The second-order valence-corrected chi connectivity index (χ2v) is 7.01. The van der Waals surface area contributed by atoms with Gasteiger partial charge in [-0.25, -0.2) is 9.78 Å². The molecule has 3 aromatic rings. The van der Waals surface area contributed by atoms with Crippen molar-refractivity contribution in [1.29, 1.82) is 0 Å². The van der Waals surface area contributed by atoms with Crippen LogP contribution in [0.4, 0.5) is 4.79 Å². The first-order valence-electron chi connectivity index (χ1n) is 8.27. The second kappa shape index (κ2) is 8.09. The Labute approximate surface area is 159 Å². The number of amides is 1. The molecule has 0 radical (unpaired) electrons. The van der Waals surface area contributed by atoms with Gasteiger partial charge in [-0.3, -0.25) is 0 Å². The molecular weight excluding hydrogens is 370 g/mol. The minimum atomic E-state index is -1.13. The summed E-state index contributed by atoms with van der Waals surface area (Å²) in [6.45, 7) is 5.59. The Morgan fingerprint density at radius 2 is 2.04 bits per heavy atom. The largest absolute Gasteiger partial charge is 0.491 e. The van der Waals surface area contributed by atoms with Gasteiger partial charge in [0.05, 0.1) is 23.2 Å². The molecule has 2 N–H and O–H groups in total. The van der Waals surface area contributed by atoms with E-state index in [0.29, 0.717) is 22.4 Å². The van der Waals surface area contributed by atoms with Crippen molar-refractivity contribution in [3.05, 3.63) is 42.3 Å². The third-order valence-corrected chi connectivity index (χ3v) is 4.31. The van der Waals surface area contributed by atoms with Gasteiger partial charge in [0.2, 0.25) is 0 Å². The third kappa shape index (κ3) is 4.98. The number of carboxylic acid groups (broad SMARTS) is 1. The van der Waals surface area contributed by atoms with E-state index >= 15 is 0 Å². The van der Waals surface area contributed by atoms with Crippen LogP contribution in [0.15, 0.2) is 41.1 Å². The van der Waals surface area contributed by atoms with E-state index in [9.17, 15) is 4.79 Å². The van der Waals surface area contributed by atoms with Crippen molar-refractivity contribution in [1.82, 2.24) is 15.5 Å². The Bertz CT molecular complexity index is 921. The zero-order chi connectivity index (χ0) is 19.4.